The lowest BCUT2D eigenvalue weighted by atomic mass is 10.1. The molecule has 17 heavy (non-hydrogen) atoms. The fourth-order valence-corrected chi connectivity index (χ4v) is 4.28. The maximum absolute atomic E-state index is 12.3. The Kier molecular flexibility index (Phi) is 4.07. The zero-order chi connectivity index (χ0) is 12.5. The standard InChI is InChI=1S/C11H23N3O2S/c1-9-4-2-3-7-14(9)17(15,16)13-11(8-12)10-5-6-10/h9-11,13H,2-8,12H2,1H3. The molecule has 0 spiro atoms. The topological polar surface area (TPSA) is 75.4 Å². The van der Waals surface area contributed by atoms with Crippen LogP contribution >= 0.6 is 0 Å². The van der Waals surface area contributed by atoms with Gasteiger partial charge in [-0.05, 0) is 38.5 Å². The van der Waals surface area contributed by atoms with Crippen LogP contribution in [-0.2, 0) is 10.2 Å². The third-order valence-corrected chi connectivity index (χ3v) is 5.56. The SMILES string of the molecule is CC1CCCCN1S(=O)(=O)NC(CN)C1CC1. The Labute approximate surface area is 104 Å². The molecular formula is C11H23N3O2S. The summed E-state index contributed by atoms with van der Waals surface area (Å²) in [7, 11) is -3.35. The van der Waals surface area contributed by atoms with Crippen LogP contribution in [0.3, 0.4) is 0 Å². The molecule has 1 saturated heterocycles. The molecule has 1 heterocycles. The summed E-state index contributed by atoms with van der Waals surface area (Å²) < 4.78 is 28.9. The summed E-state index contributed by atoms with van der Waals surface area (Å²) in [4.78, 5) is 0. The molecule has 2 fully saturated rings. The Morgan fingerprint density at radius 3 is 2.59 bits per heavy atom. The van der Waals surface area contributed by atoms with Gasteiger partial charge in [-0.1, -0.05) is 6.42 Å². The van der Waals surface area contributed by atoms with Crippen LogP contribution in [0.4, 0.5) is 0 Å². The van der Waals surface area contributed by atoms with Crippen molar-refractivity contribution in [1.29, 1.82) is 0 Å². The van der Waals surface area contributed by atoms with E-state index in [0.717, 1.165) is 32.1 Å². The second-order valence-corrected chi connectivity index (χ2v) is 6.91. The van der Waals surface area contributed by atoms with Gasteiger partial charge in [0.2, 0.25) is 0 Å². The molecule has 5 nitrogen and oxygen atoms in total. The number of nitrogens with one attached hydrogen (secondary N) is 1. The highest BCUT2D eigenvalue weighted by Crippen LogP contribution is 2.33. The van der Waals surface area contributed by atoms with Crippen LogP contribution in [-0.4, -0.2) is 37.9 Å². The largest absolute Gasteiger partial charge is 0.329 e. The van der Waals surface area contributed by atoms with Crippen LogP contribution < -0.4 is 10.5 Å². The monoisotopic (exact) mass is 261 g/mol. The lowest BCUT2D eigenvalue weighted by molar-refractivity contribution is 0.263. The molecule has 0 radical (unpaired) electrons. The first-order valence-corrected chi connectivity index (χ1v) is 7.98. The van der Waals surface area contributed by atoms with E-state index in [2.05, 4.69) is 4.72 Å². The first-order chi connectivity index (χ1) is 8.04. The Morgan fingerprint density at radius 1 is 1.35 bits per heavy atom. The van der Waals surface area contributed by atoms with Crippen molar-refractivity contribution in [3.63, 3.8) is 0 Å². The summed E-state index contributed by atoms with van der Waals surface area (Å²) in [5, 5.41) is 0. The van der Waals surface area contributed by atoms with Crippen LogP contribution in [0.2, 0.25) is 0 Å². The normalized spacial score (nSPS) is 29.2. The molecule has 0 bridgehead atoms. The number of piperidine rings is 1. The molecule has 2 atom stereocenters. The molecule has 1 aliphatic heterocycles. The first-order valence-electron chi connectivity index (χ1n) is 6.54. The van der Waals surface area contributed by atoms with Crippen LogP contribution in [0.5, 0.6) is 0 Å². The number of nitrogens with two attached hydrogens (primary N) is 1. The van der Waals surface area contributed by atoms with Crippen molar-refractivity contribution in [3.8, 4) is 0 Å². The van der Waals surface area contributed by atoms with Gasteiger partial charge in [-0.2, -0.15) is 17.4 Å². The van der Waals surface area contributed by atoms with Gasteiger partial charge in [0.15, 0.2) is 0 Å². The average Bonchev–Trinajstić information content (AvgIpc) is 3.10. The zero-order valence-corrected chi connectivity index (χ0v) is 11.2. The highest BCUT2D eigenvalue weighted by Gasteiger charge is 2.36. The van der Waals surface area contributed by atoms with E-state index >= 15 is 0 Å². The highest BCUT2D eigenvalue weighted by atomic mass is 32.2. The number of nitrogens with zero attached hydrogens (tertiary/aromatic N) is 1. The van der Waals surface area contributed by atoms with Gasteiger partial charge in [0.25, 0.3) is 10.2 Å². The molecule has 3 N–H and O–H groups in total. The van der Waals surface area contributed by atoms with E-state index in [9.17, 15) is 8.42 Å². The molecule has 1 aliphatic carbocycles. The minimum absolute atomic E-state index is 0.0749. The van der Waals surface area contributed by atoms with Crippen molar-refractivity contribution in [3.05, 3.63) is 0 Å². The number of hydrogen-bond acceptors (Lipinski definition) is 3. The molecular weight excluding hydrogens is 238 g/mol. The van der Waals surface area contributed by atoms with E-state index in [-0.39, 0.29) is 12.1 Å². The molecule has 0 aromatic carbocycles. The summed E-state index contributed by atoms with van der Waals surface area (Å²) in [5.74, 6) is 0.454. The summed E-state index contributed by atoms with van der Waals surface area (Å²) in [5.41, 5.74) is 5.64. The Bertz CT molecular complexity index is 354. The molecule has 2 aliphatic rings. The molecule has 0 aromatic rings. The molecule has 1 saturated carbocycles. The van der Waals surface area contributed by atoms with Crippen molar-refractivity contribution in [2.24, 2.45) is 11.7 Å². The van der Waals surface area contributed by atoms with Gasteiger partial charge in [0, 0.05) is 25.2 Å². The zero-order valence-electron chi connectivity index (χ0n) is 10.4. The Balaban J connectivity index is 2.01. The minimum atomic E-state index is -3.35. The van der Waals surface area contributed by atoms with Crippen LogP contribution in [0.1, 0.15) is 39.0 Å². The van der Waals surface area contributed by atoms with Crippen LogP contribution in [0, 0.1) is 5.92 Å². The second kappa shape index (κ2) is 5.22. The highest BCUT2D eigenvalue weighted by molar-refractivity contribution is 7.87. The van der Waals surface area contributed by atoms with E-state index in [1.807, 2.05) is 6.92 Å². The average molecular weight is 261 g/mol. The second-order valence-electron chi connectivity index (χ2n) is 5.26. The maximum atomic E-state index is 12.3. The van der Waals surface area contributed by atoms with Gasteiger partial charge < -0.3 is 5.73 Å². The van der Waals surface area contributed by atoms with E-state index in [1.54, 1.807) is 4.31 Å². The quantitative estimate of drug-likeness (QED) is 0.753. The summed E-state index contributed by atoms with van der Waals surface area (Å²) in [6.07, 6.45) is 5.23. The Hall–Kier alpha value is -0.170. The van der Waals surface area contributed by atoms with Gasteiger partial charge in [0.05, 0.1) is 0 Å². The lowest BCUT2D eigenvalue weighted by Crippen LogP contribution is -2.52. The molecule has 100 valence electrons. The van der Waals surface area contributed by atoms with Gasteiger partial charge in [-0.15, -0.1) is 0 Å². The van der Waals surface area contributed by atoms with Crippen molar-refractivity contribution in [2.75, 3.05) is 13.1 Å². The summed E-state index contributed by atoms with van der Waals surface area (Å²) in [6, 6.07) is 0.0352. The van der Waals surface area contributed by atoms with Crippen molar-refractivity contribution in [1.82, 2.24) is 9.03 Å². The predicted molar refractivity (Wildman–Crippen MR) is 67.6 cm³/mol. The van der Waals surface area contributed by atoms with Crippen molar-refractivity contribution >= 4 is 10.2 Å². The maximum Gasteiger partial charge on any atom is 0.279 e. The minimum Gasteiger partial charge on any atom is -0.329 e. The van der Waals surface area contributed by atoms with Crippen LogP contribution in [0.25, 0.3) is 0 Å². The van der Waals surface area contributed by atoms with Crippen molar-refractivity contribution < 1.29 is 8.42 Å². The fourth-order valence-electron chi connectivity index (χ4n) is 2.52. The van der Waals surface area contributed by atoms with E-state index in [1.165, 1.54) is 0 Å². The smallest absolute Gasteiger partial charge is 0.279 e. The molecule has 0 amide bonds. The molecule has 2 unspecified atom stereocenters. The van der Waals surface area contributed by atoms with E-state index in [4.69, 9.17) is 5.73 Å². The van der Waals surface area contributed by atoms with E-state index < -0.39 is 10.2 Å². The van der Waals surface area contributed by atoms with Crippen molar-refractivity contribution in [2.45, 2.75) is 51.1 Å². The lowest BCUT2D eigenvalue weighted by Gasteiger charge is -2.33. The number of rotatable bonds is 5. The summed E-state index contributed by atoms with van der Waals surface area (Å²) >= 11 is 0. The molecule has 0 aromatic heterocycles. The number of hydrogen-bond donors (Lipinski definition) is 2. The van der Waals surface area contributed by atoms with Gasteiger partial charge >= 0.3 is 0 Å². The summed E-state index contributed by atoms with van der Waals surface area (Å²) in [6.45, 7) is 3.01. The van der Waals surface area contributed by atoms with Gasteiger partial charge in [-0.25, -0.2) is 0 Å². The third kappa shape index (κ3) is 3.19. The van der Waals surface area contributed by atoms with Gasteiger partial charge in [-0.3, -0.25) is 0 Å². The molecule has 2 rings (SSSR count). The van der Waals surface area contributed by atoms with Gasteiger partial charge in [0.1, 0.15) is 0 Å². The Morgan fingerprint density at radius 2 is 2.06 bits per heavy atom. The third-order valence-electron chi connectivity index (χ3n) is 3.80. The van der Waals surface area contributed by atoms with Crippen LogP contribution in [0.15, 0.2) is 0 Å². The first kappa shape index (κ1) is 13.3. The van der Waals surface area contributed by atoms with E-state index in [0.29, 0.717) is 19.0 Å². The fraction of sp³-hybridized carbons (Fsp3) is 1.00. The molecule has 6 heteroatoms. The predicted octanol–water partition coefficient (Wildman–Crippen LogP) is 0.433.